The topological polar surface area (TPSA) is 169 Å². The lowest BCUT2D eigenvalue weighted by Gasteiger charge is -2.36. The van der Waals surface area contributed by atoms with Crippen molar-refractivity contribution < 1.29 is 24.3 Å². The predicted octanol–water partition coefficient (Wildman–Crippen LogP) is 0.524. The summed E-state index contributed by atoms with van der Waals surface area (Å²) in [4.78, 5) is 55.8. The maximum Gasteiger partial charge on any atom is 0.326 e. The number of urea groups is 1. The van der Waals surface area contributed by atoms with Crippen molar-refractivity contribution in [2.24, 2.45) is 16.9 Å². The van der Waals surface area contributed by atoms with E-state index in [2.05, 4.69) is 21.1 Å². The highest BCUT2D eigenvalue weighted by molar-refractivity contribution is 6.02. The van der Waals surface area contributed by atoms with Crippen LogP contribution in [0.3, 0.4) is 0 Å². The van der Waals surface area contributed by atoms with E-state index < -0.39 is 41.8 Å². The molecule has 214 valence electrons. The maximum absolute atomic E-state index is 13.8. The monoisotopic (exact) mass is 543 g/mol. The van der Waals surface area contributed by atoms with E-state index >= 15 is 0 Å². The molecule has 0 bridgehead atoms. The molecule has 3 rings (SSSR count). The van der Waals surface area contributed by atoms with Gasteiger partial charge in [-0.2, -0.15) is 5.10 Å². The maximum atomic E-state index is 13.8. The van der Waals surface area contributed by atoms with Crippen molar-refractivity contribution in [2.75, 3.05) is 33.2 Å². The Bertz CT molecular complexity index is 991. The van der Waals surface area contributed by atoms with Crippen molar-refractivity contribution in [3.05, 3.63) is 35.9 Å². The summed E-state index contributed by atoms with van der Waals surface area (Å²) in [7, 11) is 1.67. The summed E-state index contributed by atoms with van der Waals surface area (Å²) in [6, 6.07) is 5.42. The summed E-state index contributed by atoms with van der Waals surface area (Å²) >= 11 is 0. The summed E-state index contributed by atoms with van der Waals surface area (Å²) in [5.41, 5.74) is 0.730. The molecule has 0 radical (unpaired) electrons. The molecule has 2 saturated heterocycles. The van der Waals surface area contributed by atoms with Crippen molar-refractivity contribution in [3.8, 4) is 0 Å². The number of nitrogens with zero attached hydrogens (tertiary/aromatic N) is 3. The van der Waals surface area contributed by atoms with Gasteiger partial charge in [-0.05, 0) is 37.8 Å². The van der Waals surface area contributed by atoms with Crippen molar-refractivity contribution >= 4 is 30.0 Å². The zero-order valence-corrected chi connectivity index (χ0v) is 22.6. The van der Waals surface area contributed by atoms with Gasteiger partial charge in [0.05, 0.1) is 0 Å². The smallest absolute Gasteiger partial charge is 0.326 e. The van der Waals surface area contributed by atoms with Gasteiger partial charge in [0, 0.05) is 45.4 Å². The van der Waals surface area contributed by atoms with E-state index in [1.807, 2.05) is 6.07 Å². The van der Waals surface area contributed by atoms with E-state index in [4.69, 9.17) is 5.84 Å². The molecule has 6 N–H and O–H groups in total. The molecule has 2 heterocycles. The molecule has 0 saturated carbocycles. The minimum absolute atomic E-state index is 0.0539. The number of carboxylic acid groups (broad SMARTS) is 1. The number of nitrogens with two attached hydrogens (primary N) is 1. The van der Waals surface area contributed by atoms with Crippen LogP contribution in [0.5, 0.6) is 0 Å². The minimum Gasteiger partial charge on any atom is -0.480 e. The standard InChI is InChI=1S/C27H41N7O5/c1-33(20-12-9-13-29-17-20)24(35)21(18-30-28)23(25(36)34-14-7-2-3-8-15-34)32-27(39)31-22(26(37)38)16-19-10-5-4-6-11-19/h4-6,10-11,18,20-23,29H,2-3,7-9,12-17,28H2,1H3,(H,37,38)(H2,31,32,39)/t20-,21+,22-,23?/m0/s1. The number of likely N-dealkylation sites (tertiary alicyclic amines) is 1. The number of carbonyl (C=O) groups excluding carboxylic acids is 3. The molecule has 1 aromatic carbocycles. The number of likely N-dealkylation sites (N-methyl/N-ethyl adjacent to an activating group) is 1. The first-order valence-corrected chi connectivity index (χ1v) is 13.6. The number of amides is 4. The predicted molar refractivity (Wildman–Crippen MR) is 147 cm³/mol. The third-order valence-corrected chi connectivity index (χ3v) is 7.41. The lowest BCUT2D eigenvalue weighted by Crippen LogP contribution is -2.60. The number of hydrogen-bond acceptors (Lipinski definition) is 7. The van der Waals surface area contributed by atoms with Gasteiger partial charge in [-0.1, -0.05) is 43.2 Å². The number of carboxylic acids is 1. The minimum atomic E-state index is -1.31. The molecule has 4 amide bonds. The van der Waals surface area contributed by atoms with Crippen molar-refractivity contribution in [3.63, 3.8) is 0 Å². The molecule has 12 heteroatoms. The molecule has 1 unspecified atom stereocenters. The second-order valence-electron chi connectivity index (χ2n) is 10.2. The first-order chi connectivity index (χ1) is 18.8. The van der Waals surface area contributed by atoms with E-state index in [0.717, 1.165) is 50.6 Å². The van der Waals surface area contributed by atoms with Crippen LogP contribution in [0.25, 0.3) is 0 Å². The van der Waals surface area contributed by atoms with Gasteiger partial charge in [-0.15, -0.1) is 0 Å². The lowest BCUT2D eigenvalue weighted by molar-refractivity contribution is -0.141. The lowest BCUT2D eigenvalue weighted by atomic mass is 9.95. The first kappa shape index (κ1) is 29.9. The third kappa shape index (κ3) is 8.67. The molecule has 0 spiro atoms. The number of piperidine rings is 1. The average molecular weight is 544 g/mol. The summed E-state index contributed by atoms with van der Waals surface area (Å²) in [5, 5.41) is 21.7. The molecule has 1 aromatic rings. The van der Waals surface area contributed by atoms with E-state index in [9.17, 15) is 24.3 Å². The average Bonchev–Trinajstić information content (AvgIpc) is 3.24. The van der Waals surface area contributed by atoms with E-state index in [1.54, 1.807) is 41.1 Å². The van der Waals surface area contributed by atoms with Gasteiger partial charge in [0.2, 0.25) is 11.8 Å². The summed E-state index contributed by atoms with van der Waals surface area (Å²) < 4.78 is 0. The van der Waals surface area contributed by atoms with E-state index in [0.29, 0.717) is 19.6 Å². The highest BCUT2D eigenvalue weighted by atomic mass is 16.4. The van der Waals surface area contributed by atoms with Crippen LogP contribution >= 0.6 is 0 Å². The van der Waals surface area contributed by atoms with Crippen LogP contribution in [-0.4, -0.2) is 96.3 Å². The number of nitrogens with one attached hydrogen (secondary N) is 3. The van der Waals surface area contributed by atoms with E-state index in [-0.39, 0.29) is 12.5 Å². The molecule has 4 atom stereocenters. The molecule has 12 nitrogen and oxygen atoms in total. The number of hydrazone groups is 1. The van der Waals surface area contributed by atoms with Gasteiger partial charge in [-0.25, -0.2) is 9.59 Å². The van der Waals surface area contributed by atoms with E-state index in [1.165, 1.54) is 6.21 Å². The Labute approximate surface area is 229 Å². The molecular formula is C27H41N7O5. The Morgan fingerprint density at radius 2 is 1.82 bits per heavy atom. The Morgan fingerprint density at radius 1 is 1.13 bits per heavy atom. The Morgan fingerprint density at radius 3 is 2.41 bits per heavy atom. The number of hydrogen-bond donors (Lipinski definition) is 5. The first-order valence-electron chi connectivity index (χ1n) is 13.6. The molecule has 0 aliphatic carbocycles. The summed E-state index contributed by atoms with van der Waals surface area (Å²) in [6.07, 6.45) is 6.58. The molecule has 0 aromatic heterocycles. The Kier molecular flexibility index (Phi) is 11.5. The quantitative estimate of drug-likeness (QED) is 0.163. The number of benzene rings is 1. The normalized spacial score (nSPS) is 20.3. The van der Waals surface area contributed by atoms with Crippen LogP contribution < -0.4 is 21.8 Å². The van der Waals surface area contributed by atoms with Gasteiger partial charge in [0.15, 0.2) is 0 Å². The van der Waals surface area contributed by atoms with Crippen LogP contribution in [0.2, 0.25) is 0 Å². The molecule has 2 fully saturated rings. The SMILES string of the molecule is CN(C(=O)[C@H](C=NN)C(NC(=O)N[C@@H](Cc1ccccc1)C(=O)O)C(=O)N1CCCCCC1)[C@H]1CCCNC1. The van der Waals surface area contributed by atoms with Gasteiger partial charge >= 0.3 is 12.0 Å². The highest BCUT2D eigenvalue weighted by Gasteiger charge is 2.40. The fourth-order valence-corrected chi connectivity index (χ4v) is 5.15. The molecule has 39 heavy (non-hydrogen) atoms. The molecular weight excluding hydrogens is 502 g/mol. The van der Waals surface area contributed by atoms with Crippen LogP contribution in [-0.2, 0) is 20.8 Å². The van der Waals surface area contributed by atoms with Crippen LogP contribution in [0.15, 0.2) is 35.4 Å². The van der Waals surface area contributed by atoms with Crippen molar-refractivity contribution in [2.45, 2.75) is 63.1 Å². The Balaban J connectivity index is 1.83. The Hall–Kier alpha value is -3.67. The van der Waals surface area contributed by atoms with Crippen LogP contribution in [0.4, 0.5) is 4.79 Å². The van der Waals surface area contributed by atoms with Gasteiger partial charge in [0.25, 0.3) is 0 Å². The second-order valence-corrected chi connectivity index (χ2v) is 10.2. The van der Waals surface area contributed by atoms with Crippen molar-refractivity contribution in [1.29, 1.82) is 0 Å². The van der Waals surface area contributed by atoms with Gasteiger partial charge < -0.3 is 36.7 Å². The fourth-order valence-electron chi connectivity index (χ4n) is 5.15. The number of rotatable bonds is 10. The fraction of sp³-hybridized carbons (Fsp3) is 0.593. The number of aliphatic carboxylic acids is 1. The zero-order chi connectivity index (χ0) is 28.2. The second kappa shape index (κ2) is 15.1. The van der Waals surface area contributed by atoms with Gasteiger partial charge in [-0.3, -0.25) is 9.59 Å². The zero-order valence-electron chi connectivity index (χ0n) is 22.6. The summed E-state index contributed by atoms with van der Waals surface area (Å²) in [5.74, 6) is 2.28. The van der Waals surface area contributed by atoms with Gasteiger partial charge in [0.1, 0.15) is 18.0 Å². The summed E-state index contributed by atoms with van der Waals surface area (Å²) in [6.45, 7) is 2.51. The van der Waals surface area contributed by atoms with Crippen LogP contribution in [0.1, 0.15) is 44.1 Å². The largest absolute Gasteiger partial charge is 0.480 e. The highest BCUT2D eigenvalue weighted by Crippen LogP contribution is 2.18. The third-order valence-electron chi connectivity index (χ3n) is 7.41. The van der Waals surface area contributed by atoms with Crippen LogP contribution in [0, 0.1) is 5.92 Å². The van der Waals surface area contributed by atoms with Crippen molar-refractivity contribution in [1.82, 2.24) is 25.8 Å². The molecule has 2 aliphatic heterocycles. The molecule has 2 aliphatic rings. The number of carbonyl (C=O) groups is 4.